The molecule has 1 N–H and O–H groups in total. The highest BCUT2D eigenvalue weighted by Crippen LogP contribution is 2.32. The van der Waals surface area contributed by atoms with Crippen LogP contribution in [0.5, 0.6) is 0 Å². The topological polar surface area (TPSA) is 77.6 Å². The Hall–Kier alpha value is -2.02. The highest BCUT2D eigenvalue weighted by Gasteiger charge is 2.23. The minimum Gasteiger partial charge on any atom is -0.324 e. The second kappa shape index (κ2) is 10.9. The molecule has 3 aromatic rings. The fourth-order valence-electron chi connectivity index (χ4n) is 2.79. The van der Waals surface area contributed by atoms with Gasteiger partial charge >= 0.3 is 0 Å². The Morgan fingerprint density at radius 1 is 1.06 bits per heavy atom. The van der Waals surface area contributed by atoms with Gasteiger partial charge in [0.25, 0.3) is 12.9 Å². The minimum absolute atomic E-state index is 0.0751. The monoisotopic (exact) mass is 544 g/mol. The third kappa shape index (κ3) is 6.11. The Labute approximate surface area is 204 Å². The normalized spacial score (nSPS) is 11.6. The van der Waals surface area contributed by atoms with Gasteiger partial charge in [0.05, 0.1) is 26.5 Å². The third-order valence-corrected chi connectivity index (χ3v) is 6.30. The van der Waals surface area contributed by atoms with Gasteiger partial charge in [-0.1, -0.05) is 46.6 Å². The predicted molar refractivity (Wildman–Crippen MR) is 118 cm³/mol. The highest BCUT2D eigenvalue weighted by atomic mass is 35.5. The molecule has 2 heterocycles. The van der Waals surface area contributed by atoms with Gasteiger partial charge in [-0.2, -0.15) is 5.10 Å². The van der Waals surface area contributed by atoms with E-state index in [2.05, 4.69) is 20.6 Å². The molecule has 0 radical (unpaired) electrons. The van der Waals surface area contributed by atoms with E-state index in [0.29, 0.717) is 17.8 Å². The maximum absolute atomic E-state index is 13.2. The Balaban J connectivity index is 1.71. The molecule has 0 atom stereocenters. The summed E-state index contributed by atoms with van der Waals surface area (Å²) in [7, 11) is 0. The molecule has 33 heavy (non-hydrogen) atoms. The molecule has 0 spiro atoms. The van der Waals surface area contributed by atoms with Gasteiger partial charge in [0.15, 0.2) is 11.0 Å². The quantitative estimate of drug-likeness (QED) is 0.199. The third-order valence-electron chi connectivity index (χ3n) is 4.29. The molecule has 7 nitrogen and oxygen atoms in total. The Morgan fingerprint density at radius 3 is 2.39 bits per heavy atom. The van der Waals surface area contributed by atoms with Crippen molar-refractivity contribution < 1.29 is 22.4 Å². The fraction of sp³-hybridized carbons (Fsp3) is 0.333. The number of hydrogen-bond donors (Lipinski definition) is 1. The van der Waals surface area contributed by atoms with Crippen molar-refractivity contribution in [3.05, 3.63) is 50.5 Å². The molecule has 0 aliphatic heterocycles. The van der Waals surface area contributed by atoms with Crippen LogP contribution >= 0.6 is 46.6 Å². The first-order chi connectivity index (χ1) is 15.6. The van der Waals surface area contributed by atoms with Gasteiger partial charge in [-0.05, 0) is 25.1 Å². The number of thioether (sulfide) groups is 1. The van der Waals surface area contributed by atoms with Gasteiger partial charge in [0, 0.05) is 6.54 Å². The zero-order chi connectivity index (χ0) is 24.3. The summed E-state index contributed by atoms with van der Waals surface area (Å²) < 4.78 is 54.6. The van der Waals surface area contributed by atoms with E-state index in [-0.39, 0.29) is 38.9 Å². The van der Waals surface area contributed by atoms with Gasteiger partial charge in [0.2, 0.25) is 5.91 Å². The maximum Gasteiger partial charge on any atom is 0.282 e. The van der Waals surface area contributed by atoms with Crippen molar-refractivity contribution in [2.75, 3.05) is 11.1 Å². The van der Waals surface area contributed by atoms with Crippen molar-refractivity contribution in [2.24, 2.45) is 0 Å². The summed E-state index contributed by atoms with van der Waals surface area (Å²) in [5.41, 5.74) is -1.12. The Kier molecular flexibility index (Phi) is 8.48. The predicted octanol–water partition coefficient (Wildman–Crippen LogP) is 6.11. The van der Waals surface area contributed by atoms with Crippen LogP contribution in [-0.4, -0.2) is 36.2 Å². The largest absolute Gasteiger partial charge is 0.324 e. The number of alkyl halides is 4. The molecule has 1 amide bonds. The molecule has 178 valence electrons. The number of aromatic nitrogens is 5. The lowest BCUT2D eigenvalue weighted by atomic mass is 10.3. The first-order valence-corrected chi connectivity index (χ1v) is 11.4. The first-order valence-electron chi connectivity index (χ1n) is 9.23. The van der Waals surface area contributed by atoms with Gasteiger partial charge in [0.1, 0.15) is 17.9 Å². The number of amides is 1. The van der Waals surface area contributed by atoms with Crippen molar-refractivity contribution in [2.45, 2.75) is 38.0 Å². The second-order valence-electron chi connectivity index (χ2n) is 6.48. The number of benzene rings is 1. The van der Waals surface area contributed by atoms with Crippen molar-refractivity contribution in [1.29, 1.82) is 0 Å². The smallest absolute Gasteiger partial charge is 0.282 e. The zero-order valence-electron chi connectivity index (χ0n) is 16.7. The van der Waals surface area contributed by atoms with Gasteiger partial charge < -0.3 is 9.88 Å². The van der Waals surface area contributed by atoms with E-state index in [9.17, 15) is 22.4 Å². The summed E-state index contributed by atoms with van der Waals surface area (Å²) in [6.07, 6.45) is -5.98. The molecule has 0 saturated heterocycles. The van der Waals surface area contributed by atoms with E-state index < -0.39 is 30.1 Å². The van der Waals surface area contributed by atoms with E-state index >= 15 is 0 Å². The van der Waals surface area contributed by atoms with E-state index in [1.54, 1.807) is 11.5 Å². The summed E-state index contributed by atoms with van der Waals surface area (Å²) in [4.78, 5) is 12.3. The zero-order valence-corrected chi connectivity index (χ0v) is 19.8. The van der Waals surface area contributed by atoms with Gasteiger partial charge in [-0.15, -0.1) is 10.2 Å². The molecule has 2 aromatic heterocycles. The lowest BCUT2D eigenvalue weighted by Gasteiger charge is -2.10. The lowest BCUT2D eigenvalue weighted by molar-refractivity contribution is -0.113. The van der Waals surface area contributed by atoms with Crippen molar-refractivity contribution in [1.82, 2.24) is 24.5 Å². The molecule has 0 aliphatic carbocycles. The molecule has 0 fully saturated rings. The van der Waals surface area contributed by atoms with E-state index in [1.807, 2.05) is 0 Å². The van der Waals surface area contributed by atoms with Crippen LogP contribution < -0.4 is 5.32 Å². The van der Waals surface area contributed by atoms with Crippen LogP contribution in [0.1, 0.15) is 37.0 Å². The van der Waals surface area contributed by atoms with E-state index in [0.717, 1.165) is 16.4 Å². The molecular formula is C18H15Cl3F4N6OS. The summed E-state index contributed by atoms with van der Waals surface area (Å²) in [6.45, 7) is 1.81. The molecule has 0 saturated carbocycles. The first kappa shape index (κ1) is 25.6. The SMILES string of the molecule is CCn1c(Cn2nc(C(F)F)cc2C(F)F)nnc1SCC(=O)Nc1cc(Cl)c(Cl)cc1Cl. The molecule has 1 aromatic carbocycles. The molecular weight excluding hydrogens is 531 g/mol. The number of carbonyl (C=O) groups is 1. The fourth-order valence-corrected chi connectivity index (χ4v) is 4.21. The highest BCUT2D eigenvalue weighted by molar-refractivity contribution is 7.99. The minimum atomic E-state index is -2.99. The summed E-state index contributed by atoms with van der Waals surface area (Å²) in [5, 5.41) is 15.1. The summed E-state index contributed by atoms with van der Waals surface area (Å²) >= 11 is 18.9. The van der Waals surface area contributed by atoms with Crippen LogP contribution in [0, 0.1) is 0 Å². The van der Waals surface area contributed by atoms with E-state index in [1.165, 1.54) is 12.1 Å². The second-order valence-corrected chi connectivity index (χ2v) is 8.64. The number of hydrogen-bond acceptors (Lipinski definition) is 5. The average Bonchev–Trinajstić information content (AvgIpc) is 3.35. The molecule has 0 bridgehead atoms. The van der Waals surface area contributed by atoms with Crippen molar-refractivity contribution in [3.63, 3.8) is 0 Å². The number of halogens is 7. The average molecular weight is 546 g/mol. The van der Waals surface area contributed by atoms with Crippen LogP contribution in [0.25, 0.3) is 0 Å². The number of anilines is 1. The summed E-state index contributed by atoms with van der Waals surface area (Å²) in [6, 6.07) is 3.48. The molecule has 0 unspecified atom stereocenters. The Morgan fingerprint density at radius 2 is 1.76 bits per heavy atom. The van der Waals surface area contributed by atoms with Crippen LogP contribution in [0.2, 0.25) is 15.1 Å². The van der Waals surface area contributed by atoms with E-state index in [4.69, 9.17) is 34.8 Å². The molecule has 3 rings (SSSR count). The van der Waals surface area contributed by atoms with Crippen LogP contribution in [-0.2, 0) is 17.9 Å². The summed E-state index contributed by atoms with van der Waals surface area (Å²) in [5.74, 6) is -0.270. The number of carbonyl (C=O) groups excluding carboxylic acids is 1. The number of nitrogens with one attached hydrogen (secondary N) is 1. The molecule has 0 aliphatic rings. The lowest BCUT2D eigenvalue weighted by Crippen LogP contribution is -2.15. The number of nitrogens with zero attached hydrogens (tertiary/aromatic N) is 5. The van der Waals surface area contributed by atoms with Crippen molar-refractivity contribution in [3.8, 4) is 0 Å². The van der Waals surface area contributed by atoms with Crippen LogP contribution in [0.15, 0.2) is 23.4 Å². The van der Waals surface area contributed by atoms with Gasteiger partial charge in [-0.3, -0.25) is 9.48 Å². The number of rotatable bonds is 9. The maximum atomic E-state index is 13.2. The van der Waals surface area contributed by atoms with Crippen molar-refractivity contribution >= 4 is 58.2 Å². The van der Waals surface area contributed by atoms with Gasteiger partial charge in [-0.25, -0.2) is 17.6 Å². The van der Waals surface area contributed by atoms with Crippen LogP contribution in [0.4, 0.5) is 23.2 Å². The standard InChI is InChI=1S/C18H15Cl3F4N6OS/c1-2-30-14(6-31-13(17(24)25)5-12(29-31)16(22)23)27-28-18(30)33-7-15(32)26-11-4-9(20)8(19)3-10(11)21/h3-5,16-17H,2,6-7H2,1H3,(H,26,32). The Bertz CT molecular complexity index is 1160. The van der Waals surface area contributed by atoms with Crippen LogP contribution in [0.3, 0.4) is 0 Å². The molecule has 15 heteroatoms.